The molecule has 1 aliphatic carbocycles. The zero-order chi connectivity index (χ0) is 10.8. The molecule has 0 atom stereocenters. The lowest BCUT2D eigenvalue weighted by Crippen LogP contribution is -2.30. The Labute approximate surface area is 88.6 Å². The van der Waals surface area contributed by atoms with Gasteiger partial charge in [0.25, 0.3) is 0 Å². The molecule has 5 heteroatoms. The fourth-order valence-electron chi connectivity index (χ4n) is 1.39. The fourth-order valence-corrected chi connectivity index (χ4v) is 1.39. The van der Waals surface area contributed by atoms with E-state index in [0.717, 1.165) is 12.2 Å². The van der Waals surface area contributed by atoms with Crippen molar-refractivity contribution in [2.75, 3.05) is 12.3 Å². The van der Waals surface area contributed by atoms with Crippen molar-refractivity contribution in [2.24, 2.45) is 5.92 Å². The van der Waals surface area contributed by atoms with Crippen molar-refractivity contribution in [2.45, 2.75) is 26.3 Å². The van der Waals surface area contributed by atoms with Crippen molar-refractivity contribution in [1.82, 2.24) is 15.1 Å². The van der Waals surface area contributed by atoms with Crippen molar-refractivity contribution in [3.63, 3.8) is 0 Å². The Hall–Kier alpha value is -1.52. The van der Waals surface area contributed by atoms with Crippen LogP contribution in [0.4, 0.5) is 5.69 Å². The van der Waals surface area contributed by atoms with Crippen LogP contribution >= 0.6 is 0 Å². The molecule has 5 nitrogen and oxygen atoms in total. The molecule has 1 aliphatic rings. The summed E-state index contributed by atoms with van der Waals surface area (Å²) in [5, 5.41) is 6.92. The van der Waals surface area contributed by atoms with Crippen LogP contribution in [0, 0.1) is 12.8 Å². The van der Waals surface area contributed by atoms with Gasteiger partial charge in [-0.25, -0.2) is 0 Å². The van der Waals surface area contributed by atoms with Gasteiger partial charge in [0.2, 0.25) is 5.91 Å². The number of carbonyl (C=O) groups excluding carboxylic acids is 1. The molecular formula is C10H16N4O. The molecule has 1 aromatic rings. The van der Waals surface area contributed by atoms with Gasteiger partial charge in [-0.3, -0.25) is 9.48 Å². The van der Waals surface area contributed by atoms with Crippen LogP contribution in [0.5, 0.6) is 0 Å². The third-order valence-electron chi connectivity index (χ3n) is 2.72. The summed E-state index contributed by atoms with van der Waals surface area (Å²) in [7, 11) is 0. The molecule has 3 N–H and O–H groups in total. The van der Waals surface area contributed by atoms with Crippen LogP contribution < -0.4 is 11.1 Å². The Morgan fingerprint density at radius 3 is 3.00 bits per heavy atom. The minimum absolute atomic E-state index is 0.00750. The monoisotopic (exact) mass is 208 g/mol. The number of hydrogen-bond acceptors (Lipinski definition) is 3. The first-order valence-electron chi connectivity index (χ1n) is 5.21. The predicted molar refractivity (Wildman–Crippen MR) is 57.1 cm³/mol. The van der Waals surface area contributed by atoms with Gasteiger partial charge in [0.1, 0.15) is 6.54 Å². The Kier molecular flexibility index (Phi) is 2.62. The normalized spacial score (nSPS) is 15.3. The average Bonchev–Trinajstić information content (AvgIpc) is 2.98. The lowest BCUT2D eigenvalue weighted by Gasteiger charge is -2.05. The van der Waals surface area contributed by atoms with Crippen LogP contribution in [-0.2, 0) is 11.3 Å². The van der Waals surface area contributed by atoms with Crippen LogP contribution in [0.3, 0.4) is 0 Å². The van der Waals surface area contributed by atoms with E-state index >= 15 is 0 Å². The quantitative estimate of drug-likeness (QED) is 0.747. The van der Waals surface area contributed by atoms with Gasteiger partial charge in [-0.2, -0.15) is 5.10 Å². The molecule has 0 unspecified atom stereocenters. The van der Waals surface area contributed by atoms with Crippen LogP contribution in [-0.4, -0.2) is 22.2 Å². The average molecular weight is 208 g/mol. The zero-order valence-electron chi connectivity index (χ0n) is 8.86. The summed E-state index contributed by atoms with van der Waals surface area (Å²) in [5.74, 6) is 0.714. The second kappa shape index (κ2) is 3.92. The number of nitrogens with zero attached hydrogens (tertiary/aromatic N) is 2. The first-order chi connectivity index (χ1) is 7.16. The van der Waals surface area contributed by atoms with Gasteiger partial charge in [-0.05, 0) is 25.7 Å². The summed E-state index contributed by atoms with van der Waals surface area (Å²) in [6.45, 7) is 2.92. The standard InChI is InChI=1S/C10H16N4O/c1-7-9(11)5-13-14(7)6-10(15)12-4-8-2-3-8/h5,8H,2-4,6,11H2,1H3,(H,12,15). The molecule has 0 saturated heterocycles. The number of nitrogen functional groups attached to an aromatic ring is 1. The predicted octanol–water partition coefficient (Wildman–Crippen LogP) is 0.300. The number of anilines is 1. The highest BCUT2D eigenvalue weighted by Gasteiger charge is 2.21. The van der Waals surface area contributed by atoms with Crippen LogP contribution in [0.2, 0.25) is 0 Å². The number of nitrogens with one attached hydrogen (secondary N) is 1. The number of hydrogen-bond donors (Lipinski definition) is 2. The molecule has 1 aromatic heterocycles. The lowest BCUT2D eigenvalue weighted by molar-refractivity contribution is -0.121. The summed E-state index contributed by atoms with van der Waals surface area (Å²) in [6.07, 6.45) is 4.06. The van der Waals surface area contributed by atoms with Gasteiger partial charge >= 0.3 is 0 Å². The zero-order valence-corrected chi connectivity index (χ0v) is 8.86. The third kappa shape index (κ3) is 2.49. The maximum atomic E-state index is 11.5. The Morgan fingerprint density at radius 1 is 1.73 bits per heavy atom. The molecule has 1 amide bonds. The number of aromatic nitrogens is 2. The van der Waals surface area contributed by atoms with Gasteiger partial charge in [0.05, 0.1) is 17.6 Å². The molecule has 1 saturated carbocycles. The van der Waals surface area contributed by atoms with Gasteiger partial charge in [0.15, 0.2) is 0 Å². The second-order valence-electron chi connectivity index (χ2n) is 4.09. The number of nitrogens with two attached hydrogens (primary N) is 1. The number of amides is 1. The molecule has 0 bridgehead atoms. The van der Waals surface area contributed by atoms with Crippen molar-refractivity contribution >= 4 is 11.6 Å². The maximum absolute atomic E-state index is 11.5. The highest BCUT2D eigenvalue weighted by atomic mass is 16.2. The molecular weight excluding hydrogens is 192 g/mol. The van der Waals surface area contributed by atoms with Crippen molar-refractivity contribution in [1.29, 1.82) is 0 Å². The largest absolute Gasteiger partial charge is 0.396 e. The smallest absolute Gasteiger partial charge is 0.241 e. The maximum Gasteiger partial charge on any atom is 0.241 e. The van der Waals surface area contributed by atoms with E-state index in [2.05, 4.69) is 10.4 Å². The van der Waals surface area contributed by atoms with E-state index in [-0.39, 0.29) is 12.5 Å². The minimum atomic E-state index is 0.00750. The van der Waals surface area contributed by atoms with E-state index in [4.69, 9.17) is 5.73 Å². The second-order valence-corrected chi connectivity index (χ2v) is 4.09. The molecule has 1 heterocycles. The van der Waals surface area contributed by atoms with E-state index in [1.807, 2.05) is 6.92 Å². The lowest BCUT2D eigenvalue weighted by atomic mass is 10.4. The first kappa shape index (κ1) is 10.0. The fraction of sp³-hybridized carbons (Fsp3) is 0.600. The minimum Gasteiger partial charge on any atom is -0.396 e. The van der Waals surface area contributed by atoms with Crippen LogP contribution in [0.25, 0.3) is 0 Å². The molecule has 0 aromatic carbocycles. The van der Waals surface area contributed by atoms with E-state index in [1.54, 1.807) is 10.9 Å². The van der Waals surface area contributed by atoms with Gasteiger partial charge in [-0.15, -0.1) is 0 Å². The van der Waals surface area contributed by atoms with Crippen LogP contribution in [0.15, 0.2) is 6.20 Å². The van der Waals surface area contributed by atoms with Crippen LogP contribution in [0.1, 0.15) is 18.5 Å². The number of carbonyl (C=O) groups is 1. The molecule has 82 valence electrons. The van der Waals surface area contributed by atoms with Gasteiger partial charge in [-0.1, -0.05) is 0 Å². The molecule has 0 aliphatic heterocycles. The Balaban J connectivity index is 1.84. The van der Waals surface area contributed by atoms with E-state index in [1.165, 1.54) is 12.8 Å². The summed E-state index contributed by atoms with van der Waals surface area (Å²) in [5.41, 5.74) is 7.11. The summed E-state index contributed by atoms with van der Waals surface area (Å²) >= 11 is 0. The van der Waals surface area contributed by atoms with Crippen molar-refractivity contribution in [3.8, 4) is 0 Å². The Bertz CT molecular complexity index is 367. The van der Waals surface area contributed by atoms with E-state index < -0.39 is 0 Å². The van der Waals surface area contributed by atoms with Gasteiger partial charge in [0, 0.05) is 6.54 Å². The molecule has 1 fully saturated rings. The molecule has 15 heavy (non-hydrogen) atoms. The topological polar surface area (TPSA) is 72.9 Å². The Morgan fingerprint density at radius 2 is 2.47 bits per heavy atom. The number of rotatable bonds is 4. The van der Waals surface area contributed by atoms with Gasteiger partial charge < -0.3 is 11.1 Å². The summed E-state index contributed by atoms with van der Waals surface area (Å²) in [4.78, 5) is 11.5. The highest BCUT2D eigenvalue weighted by Crippen LogP contribution is 2.27. The van der Waals surface area contributed by atoms with Crippen molar-refractivity contribution < 1.29 is 4.79 Å². The SMILES string of the molecule is Cc1c(N)cnn1CC(=O)NCC1CC1. The third-order valence-corrected chi connectivity index (χ3v) is 2.72. The summed E-state index contributed by atoms with van der Waals surface area (Å²) < 4.78 is 1.62. The first-order valence-corrected chi connectivity index (χ1v) is 5.21. The molecule has 0 radical (unpaired) electrons. The molecule has 2 rings (SSSR count). The summed E-state index contributed by atoms with van der Waals surface area (Å²) in [6, 6.07) is 0. The van der Waals surface area contributed by atoms with E-state index in [9.17, 15) is 4.79 Å². The molecule has 0 spiro atoms. The van der Waals surface area contributed by atoms with E-state index in [0.29, 0.717) is 11.6 Å². The highest BCUT2D eigenvalue weighted by molar-refractivity contribution is 5.75. The van der Waals surface area contributed by atoms with Crippen molar-refractivity contribution in [3.05, 3.63) is 11.9 Å².